The Kier molecular flexibility index (Phi) is 12.3. The van der Waals surface area contributed by atoms with Crippen LogP contribution in [0.5, 0.6) is 23.0 Å². The number of aromatic hydroxyl groups is 4. The summed E-state index contributed by atoms with van der Waals surface area (Å²) in [6.07, 6.45) is 6.53. The zero-order valence-corrected chi connectivity index (χ0v) is 34.3. The van der Waals surface area contributed by atoms with Gasteiger partial charge in [0.25, 0.3) is 20.2 Å². The molecule has 0 radical (unpaired) electrons. The highest BCUT2D eigenvalue weighted by Gasteiger charge is 2.24. The Balaban J connectivity index is 0.00000144. The van der Waals surface area contributed by atoms with Crippen molar-refractivity contribution in [3.63, 3.8) is 0 Å². The van der Waals surface area contributed by atoms with E-state index in [0.717, 1.165) is 46.8 Å². The summed E-state index contributed by atoms with van der Waals surface area (Å²) in [7, 11) is -10.9. The van der Waals surface area contributed by atoms with Crippen LogP contribution in [0.25, 0.3) is 23.5 Å². The van der Waals surface area contributed by atoms with Crippen LogP contribution in [0.15, 0.2) is 101 Å². The van der Waals surface area contributed by atoms with Crippen LogP contribution in [-0.2, 0) is 63.6 Å². The molecule has 0 amide bonds. The number of rotatable bonds is 5. The van der Waals surface area contributed by atoms with Gasteiger partial charge >= 0.3 is 10.6 Å². The summed E-state index contributed by atoms with van der Waals surface area (Å²) in [6, 6.07) is 20.3. The second kappa shape index (κ2) is 17.0. The van der Waals surface area contributed by atoms with Gasteiger partial charge in [0.2, 0.25) is 5.69 Å². The monoisotopic (exact) mass is 873 g/mol. The summed E-state index contributed by atoms with van der Waals surface area (Å²) in [5.74, 6) is -1.17. The predicted molar refractivity (Wildman–Crippen MR) is 217 cm³/mol. The zero-order valence-electron chi connectivity index (χ0n) is 31.8. The van der Waals surface area contributed by atoms with Crippen LogP contribution >= 0.6 is 0 Å². The highest BCUT2D eigenvalue weighted by Crippen LogP contribution is 2.40. The van der Waals surface area contributed by atoms with Crippen LogP contribution in [-0.4, -0.2) is 64.0 Å². The number of hydrogen-bond acceptors (Lipinski definition) is 12. The molecule has 6 aromatic rings. The lowest BCUT2D eigenvalue weighted by molar-refractivity contribution is -0.660. The summed E-state index contributed by atoms with van der Waals surface area (Å²) >= 11 is 0. The number of phenolic OH excluding ortho intramolecular Hbond substituents is 4. The minimum absolute atomic E-state index is 0.00780. The number of benzene rings is 4. The topological polar surface area (TPSA) is 258 Å². The van der Waals surface area contributed by atoms with E-state index >= 15 is 0 Å². The summed E-state index contributed by atoms with van der Waals surface area (Å²) in [5, 5.41) is 46.2. The summed E-state index contributed by atoms with van der Waals surface area (Å²) in [5.41, 5.74) is 5.38. The van der Waals surface area contributed by atoms with Crippen LogP contribution < -0.4 is 4.57 Å². The van der Waals surface area contributed by atoms with Crippen LogP contribution in [0.3, 0.4) is 0 Å². The molecule has 2 aromatic heterocycles. The highest BCUT2D eigenvalue weighted by molar-refractivity contribution is 7.86. The molecule has 0 fully saturated rings. The van der Waals surface area contributed by atoms with E-state index < -0.39 is 58.6 Å². The first-order valence-corrected chi connectivity index (χ1v) is 21.7. The molecule has 1 aliphatic rings. The van der Waals surface area contributed by atoms with Crippen molar-refractivity contribution in [2.45, 2.75) is 42.4 Å². The quantitative estimate of drug-likeness (QED) is 0.0979. The Morgan fingerprint density at radius 2 is 0.983 bits per heavy atom. The average Bonchev–Trinajstić information content (AvgIpc) is 3.16. The molecule has 0 unspecified atom stereocenters. The second-order valence-electron chi connectivity index (χ2n) is 14.2. The van der Waals surface area contributed by atoms with Gasteiger partial charge in [0, 0.05) is 66.3 Å². The maximum absolute atomic E-state index is 12.5. The van der Waals surface area contributed by atoms with Gasteiger partial charge in [-0.15, -0.1) is 12.6 Å². The fourth-order valence-corrected chi connectivity index (χ4v) is 8.17. The number of hydrogen-bond donors (Lipinski definition) is 6. The number of pyridine rings is 2. The maximum atomic E-state index is 12.5. The van der Waals surface area contributed by atoms with Crippen LogP contribution in [0.4, 0.5) is 0 Å². The summed E-state index contributed by atoms with van der Waals surface area (Å²) in [6.45, 7) is 1.99. The summed E-state index contributed by atoms with van der Waals surface area (Å²) < 4.78 is 97.0. The van der Waals surface area contributed by atoms with Crippen molar-refractivity contribution in [3.05, 3.63) is 152 Å². The van der Waals surface area contributed by atoms with Crippen molar-refractivity contribution in [2.75, 3.05) is 0 Å². The first-order valence-electron chi connectivity index (χ1n) is 17.8. The number of aryl methyl sites for hydroxylation is 2. The van der Waals surface area contributed by atoms with Gasteiger partial charge in [0.1, 0.15) is 35.7 Å². The SMILES string of the molecule is Cc1ccnc(-c2cc(/C=C/c3cc4c(O)c(c3)Cc3cc(S(=O)(=O)O)cc(c3O)Cc3cc(S(=O)(=O)O)cc(c3O)Cc3cccc(c3O)C4)cc[n+]2C)c1.O=S(=O)=O. The molecule has 1 aliphatic carbocycles. The normalized spacial score (nSPS) is 12.7. The molecule has 6 N–H and O–H groups in total. The third-order valence-corrected chi connectivity index (χ3v) is 11.6. The van der Waals surface area contributed by atoms with Gasteiger partial charge in [-0.2, -0.15) is 21.4 Å². The standard InChI is InChI=1S/C42H36N2O10S2.O3S/c1-24-8-10-43-37(12-24)38-15-25(9-11-44(38)2)6-7-26-13-29-16-27-4-3-5-28(39(27)45)17-31-20-35(55(49,50)51)22-33(41(31)47)19-34-23-36(56(52,53)54)21-32(42(34)48)18-30(14-26)40(29)46;1-4(2)3/h3-15,20-23H,16-19H2,1-2H3,(H5,45,47,48,49,50,51,52,53,54);/p+1. The number of nitrogens with zero attached hydrogens (tertiary/aromatic N) is 2. The van der Waals surface area contributed by atoms with E-state index in [1.165, 1.54) is 0 Å². The Bertz CT molecular complexity index is 3070. The molecule has 7 rings (SSSR count). The number of fused-ring (bicyclic) bond motifs is 8. The fraction of sp³-hybridized carbons (Fsp3) is 0.143. The van der Waals surface area contributed by atoms with Gasteiger partial charge in [-0.25, -0.2) is 4.98 Å². The van der Waals surface area contributed by atoms with Gasteiger partial charge < -0.3 is 20.4 Å². The molecule has 18 heteroatoms. The third kappa shape index (κ3) is 9.87. The van der Waals surface area contributed by atoms with E-state index in [9.17, 15) is 46.4 Å². The number of para-hydroxylation sites is 1. The first kappa shape index (κ1) is 43.1. The Labute approximate surface area is 346 Å². The third-order valence-electron chi connectivity index (χ3n) is 9.92. The highest BCUT2D eigenvalue weighted by atomic mass is 32.2. The van der Waals surface area contributed by atoms with Gasteiger partial charge in [0.05, 0.1) is 9.79 Å². The molecule has 0 atom stereocenters. The molecule has 4 aromatic carbocycles. The van der Waals surface area contributed by atoms with Crippen LogP contribution in [0.2, 0.25) is 0 Å². The number of aromatic nitrogens is 2. The molecule has 0 saturated heterocycles. The van der Waals surface area contributed by atoms with E-state index in [2.05, 4.69) is 4.98 Å². The van der Waals surface area contributed by atoms with E-state index in [4.69, 9.17) is 12.6 Å². The molecule has 0 saturated carbocycles. The first-order chi connectivity index (χ1) is 28.2. The van der Waals surface area contributed by atoms with Crippen molar-refractivity contribution >= 4 is 43.0 Å². The molecule has 2 heterocycles. The van der Waals surface area contributed by atoms with Crippen molar-refractivity contribution in [3.8, 4) is 34.4 Å². The van der Waals surface area contributed by atoms with E-state index in [1.807, 2.05) is 61.2 Å². The lowest BCUT2D eigenvalue weighted by atomic mass is 9.90. The molecule has 310 valence electrons. The van der Waals surface area contributed by atoms with Crippen LogP contribution in [0, 0.1) is 6.92 Å². The Morgan fingerprint density at radius 1 is 0.583 bits per heavy atom. The van der Waals surface area contributed by atoms with Crippen molar-refractivity contribution < 1.29 is 63.6 Å². The summed E-state index contributed by atoms with van der Waals surface area (Å²) in [4.78, 5) is 3.37. The average molecular weight is 874 g/mol. The van der Waals surface area contributed by atoms with Gasteiger partial charge in [0.15, 0.2) is 6.20 Å². The minimum atomic E-state index is -4.85. The molecular formula is C42H37N2O13S3+. The van der Waals surface area contributed by atoms with Crippen molar-refractivity contribution in [1.82, 2.24) is 4.98 Å². The molecule has 0 aliphatic heterocycles. The molecule has 60 heavy (non-hydrogen) atoms. The molecule has 0 spiro atoms. The van der Waals surface area contributed by atoms with E-state index in [-0.39, 0.29) is 58.6 Å². The van der Waals surface area contributed by atoms with E-state index in [0.29, 0.717) is 22.3 Å². The zero-order chi connectivity index (χ0) is 43.7. The second-order valence-corrected chi connectivity index (χ2v) is 17.4. The van der Waals surface area contributed by atoms with Crippen molar-refractivity contribution in [2.24, 2.45) is 7.05 Å². The largest absolute Gasteiger partial charge is 0.507 e. The fourth-order valence-electron chi connectivity index (χ4n) is 7.01. The smallest absolute Gasteiger partial charge is 0.425 e. The molecule has 8 bridgehead atoms. The van der Waals surface area contributed by atoms with Gasteiger partial charge in [-0.1, -0.05) is 30.4 Å². The maximum Gasteiger partial charge on any atom is 0.425 e. The van der Waals surface area contributed by atoms with Crippen molar-refractivity contribution in [1.29, 1.82) is 0 Å². The lowest BCUT2D eigenvalue weighted by Crippen LogP contribution is -2.30. The number of phenols is 4. The van der Waals surface area contributed by atoms with Crippen LogP contribution in [0.1, 0.15) is 61.2 Å². The Morgan fingerprint density at radius 3 is 1.42 bits per heavy atom. The van der Waals surface area contributed by atoms with Gasteiger partial charge in [-0.3, -0.25) is 9.11 Å². The molecule has 15 nitrogen and oxygen atoms in total. The Hall–Kier alpha value is -6.44. The minimum Gasteiger partial charge on any atom is -0.507 e. The predicted octanol–water partition coefficient (Wildman–Crippen LogP) is 5.04. The van der Waals surface area contributed by atoms with Gasteiger partial charge in [-0.05, 0) is 94.4 Å². The molecular weight excluding hydrogens is 837 g/mol. The lowest BCUT2D eigenvalue weighted by Gasteiger charge is -2.18. The van der Waals surface area contributed by atoms with E-state index in [1.54, 1.807) is 36.5 Å².